The molecule has 88 valence electrons. The van der Waals surface area contributed by atoms with Crippen LogP contribution in [0.1, 0.15) is 39.5 Å². The molecular weight excluding hydrogens is 188 g/mol. The fourth-order valence-electron chi connectivity index (χ4n) is 2.13. The van der Waals surface area contributed by atoms with Crippen LogP contribution in [0.2, 0.25) is 0 Å². The first-order chi connectivity index (χ1) is 7.27. The van der Waals surface area contributed by atoms with Gasteiger partial charge in [0.15, 0.2) is 0 Å². The monoisotopic (exact) mass is 212 g/mol. The van der Waals surface area contributed by atoms with Gasteiger partial charge < -0.3 is 10.2 Å². The lowest BCUT2D eigenvalue weighted by Crippen LogP contribution is -2.36. The van der Waals surface area contributed by atoms with Gasteiger partial charge >= 0.3 is 0 Å². The Morgan fingerprint density at radius 3 is 2.87 bits per heavy atom. The van der Waals surface area contributed by atoms with Crippen molar-refractivity contribution >= 4 is 5.91 Å². The van der Waals surface area contributed by atoms with E-state index in [0.29, 0.717) is 5.91 Å². The molecule has 1 unspecified atom stereocenters. The Hall–Kier alpha value is -0.570. The molecule has 1 atom stereocenters. The van der Waals surface area contributed by atoms with Crippen molar-refractivity contribution in [3.63, 3.8) is 0 Å². The Bertz CT molecular complexity index is 194. The average Bonchev–Trinajstić information content (AvgIpc) is 2.42. The van der Waals surface area contributed by atoms with Gasteiger partial charge in [-0.15, -0.1) is 0 Å². The van der Waals surface area contributed by atoms with Crippen LogP contribution < -0.4 is 5.32 Å². The summed E-state index contributed by atoms with van der Waals surface area (Å²) in [6.45, 7) is 8.07. The molecule has 1 rings (SSSR count). The van der Waals surface area contributed by atoms with Gasteiger partial charge in [0, 0.05) is 26.1 Å². The minimum Gasteiger partial charge on any atom is -0.341 e. The van der Waals surface area contributed by atoms with Crippen LogP contribution >= 0.6 is 0 Å². The van der Waals surface area contributed by atoms with Crippen molar-refractivity contribution in [2.75, 3.05) is 26.2 Å². The fourth-order valence-corrected chi connectivity index (χ4v) is 2.13. The second-order valence-electron chi connectivity index (χ2n) is 4.34. The third kappa shape index (κ3) is 4.20. The maximum absolute atomic E-state index is 11.8. The molecule has 0 aromatic carbocycles. The zero-order valence-electron chi connectivity index (χ0n) is 10.1. The Morgan fingerprint density at radius 1 is 1.40 bits per heavy atom. The highest BCUT2D eigenvalue weighted by Crippen LogP contribution is 2.20. The van der Waals surface area contributed by atoms with Crippen LogP contribution in [0.25, 0.3) is 0 Å². The lowest BCUT2D eigenvalue weighted by molar-refractivity contribution is -0.130. The van der Waals surface area contributed by atoms with Gasteiger partial charge in [0.1, 0.15) is 0 Å². The molecule has 0 saturated carbocycles. The number of rotatable bonds is 5. The first kappa shape index (κ1) is 12.5. The second-order valence-corrected chi connectivity index (χ2v) is 4.34. The molecule has 15 heavy (non-hydrogen) atoms. The zero-order valence-corrected chi connectivity index (χ0v) is 10.1. The van der Waals surface area contributed by atoms with E-state index in [1.807, 2.05) is 4.90 Å². The molecule has 1 aliphatic rings. The number of likely N-dealkylation sites (tertiary alicyclic amines) is 1. The molecule has 1 fully saturated rings. The molecule has 1 saturated heterocycles. The van der Waals surface area contributed by atoms with E-state index in [-0.39, 0.29) is 0 Å². The van der Waals surface area contributed by atoms with Crippen molar-refractivity contribution in [2.45, 2.75) is 39.5 Å². The summed E-state index contributed by atoms with van der Waals surface area (Å²) in [5, 5.41) is 3.27. The van der Waals surface area contributed by atoms with Crippen molar-refractivity contribution in [2.24, 2.45) is 5.92 Å². The van der Waals surface area contributed by atoms with Crippen LogP contribution in [0.4, 0.5) is 0 Å². The lowest BCUT2D eigenvalue weighted by atomic mass is 9.98. The molecule has 1 N–H and O–H groups in total. The number of likely N-dealkylation sites (N-methyl/N-ethyl adjacent to an activating group) is 1. The van der Waals surface area contributed by atoms with Gasteiger partial charge in [-0.25, -0.2) is 0 Å². The summed E-state index contributed by atoms with van der Waals surface area (Å²) in [5.74, 6) is 1.11. The molecule has 0 aromatic heterocycles. The summed E-state index contributed by atoms with van der Waals surface area (Å²) in [6.07, 6.45) is 4.25. The summed E-state index contributed by atoms with van der Waals surface area (Å²) in [7, 11) is 0. The minimum absolute atomic E-state index is 0.351. The Morgan fingerprint density at radius 2 is 2.20 bits per heavy atom. The molecule has 0 aromatic rings. The predicted octanol–water partition coefficient (Wildman–Crippen LogP) is 1.63. The van der Waals surface area contributed by atoms with Crippen molar-refractivity contribution in [3.05, 3.63) is 0 Å². The first-order valence-electron chi connectivity index (χ1n) is 6.26. The van der Waals surface area contributed by atoms with Gasteiger partial charge in [-0.05, 0) is 25.3 Å². The second kappa shape index (κ2) is 6.83. The molecule has 3 heteroatoms. The number of carbonyl (C=O) groups is 1. The van der Waals surface area contributed by atoms with Crippen LogP contribution in [0.3, 0.4) is 0 Å². The zero-order chi connectivity index (χ0) is 11.1. The molecule has 0 radical (unpaired) electrons. The largest absolute Gasteiger partial charge is 0.341 e. The quantitative estimate of drug-likeness (QED) is 0.703. The van der Waals surface area contributed by atoms with E-state index in [0.717, 1.165) is 44.9 Å². The summed E-state index contributed by atoms with van der Waals surface area (Å²) in [4.78, 5) is 13.8. The van der Waals surface area contributed by atoms with E-state index in [1.165, 1.54) is 12.8 Å². The van der Waals surface area contributed by atoms with Crippen molar-refractivity contribution in [1.29, 1.82) is 0 Å². The Balaban J connectivity index is 2.33. The van der Waals surface area contributed by atoms with Gasteiger partial charge in [-0.1, -0.05) is 20.3 Å². The minimum atomic E-state index is 0.351. The van der Waals surface area contributed by atoms with Gasteiger partial charge in [0.2, 0.25) is 5.91 Å². The molecule has 0 bridgehead atoms. The molecule has 0 aliphatic carbocycles. The Kier molecular flexibility index (Phi) is 5.69. The third-order valence-corrected chi connectivity index (χ3v) is 3.31. The van der Waals surface area contributed by atoms with Gasteiger partial charge in [-0.2, -0.15) is 0 Å². The van der Waals surface area contributed by atoms with Crippen LogP contribution in [-0.4, -0.2) is 37.0 Å². The first-order valence-corrected chi connectivity index (χ1v) is 6.26. The van der Waals surface area contributed by atoms with Crippen LogP contribution in [0, 0.1) is 5.92 Å². The molecule has 1 amide bonds. The molecule has 3 nitrogen and oxygen atoms in total. The number of amides is 1. The average molecular weight is 212 g/mol. The SMILES string of the molecule is CCNCCN1CCC(CC)CCC1=O. The maximum Gasteiger partial charge on any atom is 0.222 e. The highest BCUT2D eigenvalue weighted by Gasteiger charge is 2.20. The van der Waals surface area contributed by atoms with Crippen LogP contribution in [-0.2, 0) is 4.79 Å². The number of nitrogens with zero attached hydrogens (tertiary/aromatic N) is 1. The number of nitrogens with one attached hydrogen (secondary N) is 1. The summed E-state index contributed by atoms with van der Waals surface area (Å²) < 4.78 is 0. The Labute approximate surface area is 93.2 Å². The van der Waals surface area contributed by atoms with E-state index >= 15 is 0 Å². The molecule has 0 spiro atoms. The number of hydrogen-bond donors (Lipinski definition) is 1. The molecule has 1 heterocycles. The number of hydrogen-bond acceptors (Lipinski definition) is 2. The van der Waals surface area contributed by atoms with Crippen LogP contribution in [0.15, 0.2) is 0 Å². The molecular formula is C12H24N2O. The lowest BCUT2D eigenvalue weighted by Gasteiger charge is -2.20. The summed E-state index contributed by atoms with van der Waals surface area (Å²) >= 11 is 0. The van der Waals surface area contributed by atoms with E-state index in [9.17, 15) is 4.79 Å². The van der Waals surface area contributed by atoms with E-state index in [1.54, 1.807) is 0 Å². The van der Waals surface area contributed by atoms with Crippen molar-refractivity contribution in [1.82, 2.24) is 10.2 Å². The number of carbonyl (C=O) groups excluding carboxylic acids is 1. The highest BCUT2D eigenvalue weighted by atomic mass is 16.2. The normalized spacial score (nSPS) is 22.9. The maximum atomic E-state index is 11.8. The predicted molar refractivity (Wildman–Crippen MR) is 62.8 cm³/mol. The standard InChI is InChI=1S/C12H24N2O/c1-3-11-5-6-12(15)14(9-7-11)10-8-13-4-2/h11,13H,3-10H2,1-2H3. The van der Waals surface area contributed by atoms with Gasteiger partial charge in [-0.3, -0.25) is 4.79 Å². The smallest absolute Gasteiger partial charge is 0.222 e. The van der Waals surface area contributed by atoms with Gasteiger partial charge in [0.25, 0.3) is 0 Å². The topological polar surface area (TPSA) is 32.3 Å². The fraction of sp³-hybridized carbons (Fsp3) is 0.917. The molecule has 1 aliphatic heterocycles. The highest BCUT2D eigenvalue weighted by molar-refractivity contribution is 5.76. The van der Waals surface area contributed by atoms with Crippen molar-refractivity contribution in [3.8, 4) is 0 Å². The summed E-state index contributed by atoms with van der Waals surface area (Å²) in [5.41, 5.74) is 0. The van der Waals surface area contributed by atoms with E-state index in [4.69, 9.17) is 0 Å². The van der Waals surface area contributed by atoms with Gasteiger partial charge in [0.05, 0.1) is 0 Å². The van der Waals surface area contributed by atoms with E-state index in [2.05, 4.69) is 19.2 Å². The summed E-state index contributed by atoms with van der Waals surface area (Å²) in [6, 6.07) is 0. The van der Waals surface area contributed by atoms with Crippen LogP contribution in [0.5, 0.6) is 0 Å². The van der Waals surface area contributed by atoms with E-state index < -0.39 is 0 Å². The third-order valence-electron chi connectivity index (χ3n) is 3.31. The van der Waals surface area contributed by atoms with Crippen molar-refractivity contribution < 1.29 is 4.79 Å².